The Balaban J connectivity index is 1.50. The van der Waals surface area contributed by atoms with Gasteiger partial charge in [-0.25, -0.2) is 0 Å². The van der Waals surface area contributed by atoms with Crippen molar-refractivity contribution in [3.8, 4) is 5.75 Å². The van der Waals surface area contributed by atoms with E-state index in [1.807, 2.05) is 50.2 Å². The molecule has 0 aromatic heterocycles. The van der Waals surface area contributed by atoms with Gasteiger partial charge in [-0.15, -0.1) is 0 Å². The Kier molecular flexibility index (Phi) is 8.47. The molecule has 0 bridgehead atoms. The third kappa shape index (κ3) is 5.75. The van der Waals surface area contributed by atoms with Crippen molar-refractivity contribution in [3.05, 3.63) is 90.5 Å². The summed E-state index contributed by atoms with van der Waals surface area (Å²) in [7, 11) is -1.27. The second-order valence-electron chi connectivity index (χ2n) is 12.3. The first-order valence-electron chi connectivity index (χ1n) is 14.2. The molecule has 0 amide bonds. The molecular weight excluding hydrogens is 536 g/mol. The lowest BCUT2D eigenvalue weighted by atomic mass is 9.97. The number of aliphatic hydroxyl groups is 1. The number of hydrogen-bond donors (Lipinski definition) is 1. The van der Waals surface area contributed by atoms with E-state index >= 15 is 0 Å². The second kappa shape index (κ2) is 11.6. The first-order chi connectivity index (χ1) is 19.5. The molecule has 2 aliphatic heterocycles. The maximum absolute atomic E-state index is 11.0. The van der Waals surface area contributed by atoms with E-state index in [2.05, 4.69) is 69.3 Å². The van der Waals surface area contributed by atoms with Gasteiger partial charge in [-0.3, -0.25) is 0 Å². The van der Waals surface area contributed by atoms with Gasteiger partial charge in [0, 0.05) is 0 Å². The summed E-state index contributed by atoms with van der Waals surface area (Å²) in [6, 6.07) is 28.6. The molecule has 0 radical (unpaired) electrons. The number of hydrogen-bond acceptors (Lipinski definition) is 7. The molecule has 4 atom stereocenters. The minimum atomic E-state index is -2.91. The van der Waals surface area contributed by atoms with Crippen LogP contribution in [0.4, 0.5) is 0 Å². The Morgan fingerprint density at radius 2 is 1.41 bits per heavy atom. The molecule has 0 saturated carbocycles. The predicted octanol–water partition coefficient (Wildman–Crippen LogP) is 4.40. The summed E-state index contributed by atoms with van der Waals surface area (Å²) in [5.74, 6) is -0.0620. The molecule has 2 fully saturated rings. The maximum Gasteiger partial charge on any atom is 0.261 e. The maximum atomic E-state index is 11.0. The Hall–Kier alpha value is -2.56. The normalized spacial score (nSPS) is 25.7. The SMILES string of the molecule is COc1ccc(CO[C@H]2[C@H]3OC(C)(C)O[C@H]3O[C@]2(CO)CO[Si](c2ccccc2)(c2ccccc2)C(C)(C)C)cc1. The van der Waals surface area contributed by atoms with Crippen LogP contribution in [0.3, 0.4) is 0 Å². The summed E-state index contributed by atoms with van der Waals surface area (Å²) in [6.07, 6.45) is -1.86. The topological polar surface area (TPSA) is 75.6 Å². The summed E-state index contributed by atoms with van der Waals surface area (Å²) in [5.41, 5.74) is -0.238. The molecule has 2 aliphatic rings. The van der Waals surface area contributed by atoms with Crippen LogP contribution in [0.5, 0.6) is 5.75 Å². The molecule has 5 rings (SSSR count). The molecule has 0 unspecified atom stereocenters. The Morgan fingerprint density at radius 1 is 0.829 bits per heavy atom. The van der Waals surface area contributed by atoms with Gasteiger partial charge in [-0.2, -0.15) is 0 Å². The lowest BCUT2D eigenvalue weighted by molar-refractivity contribution is -0.257. The lowest BCUT2D eigenvalue weighted by Crippen LogP contribution is -2.68. The summed E-state index contributed by atoms with van der Waals surface area (Å²) in [4.78, 5) is 0. The van der Waals surface area contributed by atoms with Gasteiger partial charge in [-0.05, 0) is 47.0 Å². The molecule has 41 heavy (non-hydrogen) atoms. The number of rotatable bonds is 10. The van der Waals surface area contributed by atoms with Gasteiger partial charge in [-0.1, -0.05) is 93.6 Å². The van der Waals surface area contributed by atoms with Gasteiger partial charge in [0.05, 0.1) is 26.9 Å². The highest BCUT2D eigenvalue weighted by Gasteiger charge is 2.64. The molecule has 8 heteroatoms. The first kappa shape index (κ1) is 29.9. The zero-order chi connectivity index (χ0) is 29.3. The van der Waals surface area contributed by atoms with Crippen molar-refractivity contribution in [2.75, 3.05) is 20.3 Å². The highest BCUT2D eigenvalue weighted by molar-refractivity contribution is 6.99. The quantitative estimate of drug-likeness (QED) is 0.358. The Labute approximate surface area is 244 Å². The third-order valence-corrected chi connectivity index (χ3v) is 13.0. The fourth-order valence-corrected chi connectivity index (χ4v) is 10.7. The van der Waals surface area contributed by atoms with Crippen LogP contribution >= 0.6 is 0 Å². The average molecular weight is 579 g/mol. The van der Waals surface area contributed by atoms with Crippen molar-refractivity contribution < 1.29 is 33.2 Å². The number of ether oxygens (including phenoxy) is 5. The molecule has 7 nitrogen and oxygen atoms in total. The smallest absolute Gasteiger partial charge is 0.261 e. The van der Waals surface area contributed by atoms with Crippen LogP contribution < -0.4 is 15.1 Å². The molecule has 1 N–H and O–H groups in total. The first-order valence-corrected chi connectivity index (χ1v) is 16.1. The number of fused-ring (bicyclic) bond motifs is 1. The second-order valence-corrected chi connectivity index (χ2v) is 16.6. The fourth-order valence-electron chi connectivity index (χ4n) is 6.09. The van der Waals surface area contributed by atoms with Crippen LogP contribution in [-0.4, -0.2) is 63.6 Å². The van der Waals surface area contributed by atoms with E-state index in [1.165, 1.54) is 0 Å². The fraction of sp³-hybridized carbons (Fsp3) is 0.455. The van der Waals surface area contributed by atoms with Gasteiger partial charge < -0.3 is 33.2 Å². The number of benzene rings is 3. The molecule has 220 valence electrons. The number of methoxy groups -OCH3 is 1. The van der Waals surface area contributed by atoms with E-state index in [1.54, 1.807) is 7.11 Å². The molecular formula is C33H42O7Si. The molecule has 3 aromatic rings. The molecule has 2 saturated heterocycles. The summed E-state index contributed by atoms with van der Waals surface area (Å²) in [6.45, 7) is 10.5. The molecule has 0 aliphatic carbocycles. The number of aliphatic hydroxyl groups excluding tert-OH is 1. The highest BCUT2D eigenvalue weighted by atomic mass is 28.4. The van der Waals surface area contributed by atoms with E-state index in [-0.39, 0.29) is 18.3 Å². The van der Waals surface area contributed by atoms with Gasteiger partial charge in [0.1, 0.15) is 23.6 Å². The van der Waals surface area contributed by atoms with Crippen LogP contribution in [0, 0.1) is 0 Å². The minimum Gasteiger partial charge on any atom is -0.497 e. The molecule has 2 heterocycles. The standard InChI is InChI=1S/C33H42O7Si/c1-31(2,3)41(26-13-9-7-10-14-26,27-15-11-8-12-16-27)37-23-33(22-34)29(28-30(40-33)39-32(4,5)38-28)36-21-24-17-19-25(35-6)20-18-24/h7-20,28-30,34H,21-23H2,1-6H3/t28-,29+,30+,33-/m1/s1. The predicted molar refractivity (Wildman–Crippen MR) is 160 cm³/mol. The van der Waals surface area contributed by atoms with E-state index in [0.29, 0.717) is 6.61 Å². The van der Waals surface area contributed by atoms with E-state index in [4.69, 9.17) is 28.1 Å². The zero-order valence-electron chi connectivity index (χ0n) is 24.8. The monoisotopic (exact) mass is 578 g/mol. The Bertz CT molecular complexity index is 1240. The van der Waals surface area contributed by atoms with Crippen LogP contribution in [0.1, 0.15) is 40.2 Å². The largest absolute Gasteiger partial charge is 0.497 e. The van der Waals surface area contributed by atoms with Crippen molar-refractivity contribution in [1.82, 2.24) is 0 Å². The van der Waals surface area contributed by atoms with Gasteiger partial charge >= 0.3 is 0 Å². The van der Waals surface area contributed by atoms with Gasteiger partial charge in [0.25, 0.3) is 8.32 Å². The van der Waals surface area contributed by atoms with Crippen molar-refractivity contribution in [3.63, 3.8) is 0 Å². The van der Waals surface area contributed by atoms with Crippen LogP contribution in [0.2, 0.25) is 5.04 Å². The average Bonchev–Trinajstić information content (AvgIpc) is 3.41. The highest BCUT2D eigenvalue weighted by Crippen LogP contribution is 2.45. The summed E-state index contributed by atoms with van der Waals surface area (Å²) in [5, 5.41) is 13.0. The van der Waals surface area contributed by atoms with Crippen molar-refractivity contribution in [2.45, 2.75) is 76.1 Å². The summed E-state index contributed by atoms with van der Waals surface area (Å²) < 4.78 is 38.0. The van der Waals surface area contributed by atoms with Crippen molar-refractivity contribution >= 4 is 18.7 Å². The molecule has 0 spiro atoms. The van der Waals surface area contributed by atoms with Crippen LogP contribution in [0.15, 0.2) is 84.9 Å². The third-order valence-electron chi connectivity index (χ3n) is 8.06. The summed E-state index contributed by atoms with van der Waals surface area (Å²) >= 11 is 0. The molecule has 3 aromatic carbocycles. The van der Waals surface area contributed by atoms with Gasteiger partial charge in [0.15, 0.2) is 12.1 Å². The zero-order valence-corrected chi connectivity index (χ0v) is 25.8. The van der Waals surface area contributed by atoms with Gasteiger partial charge in [0.2, 0.25) is 0 Å². The van der Waals surface area contributed by atoms with Crippen LogP contribution in [-0.2, 0) is 30.0 Å². The minimum absolute atomic E-state index is 0.101. The van der Waals surface area contributed by atoms with Crippen molar-refractivity contribution in [1.29, 1.82) is 0 Å². The van der Waals surface area contributed by atoms with E-state index < -0.39 is 38.2 Å². The lowest BCUT2D eigenvalue weighted by Gasteiger charge is -2.45. The van der Waals surface area contributed by atoms with Crippen LogP contribution in [0.25, 0.3) is 0 Å². The Morgan fingerprint density at radius 3 is 1.93 bits per heavy atom. The van der Waals surface area contributed by atoms with Crippen molar-refractivity contribution in [2.24, 2.45) is 0 Å². The van der Waals surface area contributed by atoms with E-state index in [9.17, 15) is 5.11 Å². The van der Waals surface area contributed by atoms with E-state index in [0.717, 1.165) is 21.7 Å².